The third kappa shape index (κ3) is 2.72. The molecule has 0 saturated carbocycles. The van der Waals surface area contributed by atoms with Crippen molar-refractivity contribution in [2.45, 2.75) is 38.6 Å². The highest BCUT2D eigenvalue weighted by molar-refractivity contribution is 5.56. The van der Waals surface area contributed by atoms with Gasteiger partial charge in [-0.2, -0.15) is 0 Å². The Bertz CT molecular complexity index is 391. The van der Waals surface area contributed by atoms with Crippen molar-refractivity contribution < 1.29 is 4.74 Å². The van der Waals surface area contributed by atoms with Crippen LogP contribution in [0.25, 0.3) is 0 Å². The molecule has 1 aliphatic heterocycles. The van der Waals surface area contributed by atoms with Gasteiger partial charge in [0.25, 0.3) is 0 Å². The summed E-state index contributed by atoms with van der Waals surface area (Å²) in [4.78, 5) is 10.8. The normalized spacial score (nSPS) is 16.8. The molecular formula is C13H22N4O. The molecular weight excluding hydrogens is 228 g/mol. The summed E-state index contributed by atoms with van der Waals surface area (Å²) in [5.74, 6) is 1.59. The van der Waals surface area contributed by atoms with Crippen LogP contribution in [0.15, 0.2) is 6.33 Å². The Labute approximate surface area is 108 Å². The monoisotopic (exact) mass is 250 g/mol. The van der Waals surface area contributed by atoms with Gasteiger partial charge in [-0.1, -0.05) is 13.3 Å². The van der Waals surface area contributed by atoms with E-state index in [2.05, 4.69) is 28.8 Å². The van der Waals surface area contributed by atoms with E-state index in [-0.39, 0.29) is 0 Å². The predicted molar refractivity (Wildman–Crippen MR) is 72.7 cm³/mol. The van der Waals surface area contributed by atoms with Gasteiger partial charge in [0.15, 0.2) is 0 Å². The largest absolute Gasteiger partial charge is 0.383 e. The summed E-state index contributed by atoms with van der Waals surface area (Å²) < 4.78 is 5.40. The molecule has 100 valence electrons. The van der Waals surface area contributed by atoms with Gasteiger partial charge in [0.05, 0.1) is 0 Å². The van der Waals surface area contributed by atoms with Gasteiger partial charge < -0.3 is 15.4 Å². The fraction of sp³-hybridized carbons (Fsp3) is 0.692. The number of rotatable bonds is 4. The van der Waals surface area contributed by atoms with Gasteiger partial charge in [-0.15, -0.1) is 0 Å². The number of nitrogens with zero attached hydrogens (tertiary/aromatic N) is 3. The molecule has 0 aliphatic carbocycles. The SMILES string of the molecule is CCCc1c(N)ncnc1N(C)C1CCOCC1. The van der Waals surface area contributed by atoms with Crippen LogP contribution in [-0.4, -0.2) is 36.3 Å². The zero-order valence-electron chi connectivity index (χ0n) is 11.2. The molecule has 1 aliphatic rings. The third-order valence-corrected chi connectivity index (χ3v) is 3.53. The molecule has 1 aromatic rings. The van der Waals surface area contributed by atoms with E-state index in [1.54, 1.807) is 6.33 Å². The van der Waals surface area contributed by atoms with Crippen molar-refractivity contribution in [2.75, 3.05) is 30.9 Å². The molecule has 1 saturated heterocycles. The molecule has 2 rings (SSSR count). The summed E-state index contributed by atoms with van der Waals surface area (Å²) in [6.07, 6.45) is 5.62. The van der Waals surface area contributed by atoms with E-state index in [0.717, 1.165) is 50.3 Å². The van der Waals surface area contributed by atoms with Crippen molar-refractivity contribution >= 4 is 11.6 Å². The smallest absolute Gasteiger partial charge is 0.137 e. The van der Waals surface area contributed by atoms with Gasteiger partial charge in [0.2, 0.25) is 0 Å². The van der Waals surface area contributed by atoms with Crippen LogP contribution in [0.5, 0.6) is 0 Å². The van der Waals surface area contributed by atoms with E-state index in [9.17, 15) is 0 Å². The zero-order valence-corrected chi connectivity index (χ0v) is 11.2. The minimum atomic E-state index is 0.489. The van der Waals surface area contributed by atoms with E-state index in [1.807, 2.05) is 0 Å². The van der Waals surface area contributed by atoms with Crippen LogP contribution in [0.3, 0.4) is 0 Å². The van der Waals surface area contributed by atoms with E-state index < -0.39 is 0 Å². The lowest BCUT2D eigenvalue weighted by Gasteiger charge is -2.33. The molecule has 0 spiro atoms. The van der Waals surface area contributed by atoms with Gasteiger partial charge in [0, 0.05) is 31.9 Å². The van der Waals surface area contributed by atoms with Crippen molar-refractivity contribution in [1.82, 2.24) is 9.97 Å². The first-order valence-electron chi connectivity index (χ1n) is 6.64. The van der Waals surface area contributed by atoms with Gasteiger partial charge >= 0.3 is 0 Å². The molecule has 1 aromatic heterocycles. The molecule has 0 bridgehead atoms. The summed E-state index contributed by atoms with van der Waals surface area (Å²) in [6.45, 7) is 3.81. The first kappa shape index (κ1) is 13.1. The summed E-state index contributed by atoms with van der Waals surface area (Å²) in [5, 5.41) is 0. The molecule has 5 nitrogen and oxygen atoms in total. The van der Waals surface area contributed by atoms with E-state index in [1.165, 1.54) is 0 Å². The Morgan fingerprint density at radius 2 is 2.11 bits per heavy atom. The molecule has 0 aromatic carbocycles. The topological polar surface area (TPSA) is 64.3 Å². The van der Waals surface area contributed by atoms with Crippen LogP contribution < -0.4 is 10.6 Å². The predicted octanol–water partition coefficient (Wildman–Crippen LogP) is 1.63. The highest BCUT2D eigenvalue weighted by Gasteiger charge is 2.22. The molecule has 18 heavy (non-hydrogen) atoms. The van der Waals surface area contributed by atoms with Crippen molar-refractivity contribution in [1.29, 1.82) is 0 Å². The number of anilines is 2. The zero-order chi connectivity index (χ0) is 13.0. The van der Waals surface area contributed by atoms with Crippen LogP contribution in [-0.2, 0) is 11.2 Å². The summed E-state index contributed by atoms with van der Waals surface area (Å²) in [7, 11) is 2.09. The van der Waals surface area contributed by atoms with E-state index in [4.69, 9.17) is 10.5 Å². The maximum absolute atomic E-state index is 5.97. The first-order valence-corrected chi connectivity index (χ1v) is 6.64. The van der Waals surface area contributed by atoms with Gasteiger partial charge in [0.1, 0.15) is 18.0 Å². The summed E-state index contributed by atoms with van der Waals surface area (Å²) >= 11 is 0. The number of aromatic nitrogens is 2. The maximum Gasteiger partial charge on any atom is 0.137 e. The summed E-state index contributed by atoms with van der Waals surface area (Å²) in [5.41, 5.74) is 7.05. The van der Waals surface area contributed by atoms with Crippen LogP contribution in [0, 0.1) is 0 Å². The minimum Gasteiger partial charge on any atom is -0.383 e. The maximum atomic E-state index is 5.97. The van der Waals surface area contributed by atoms with Gasteiger partial charge in [-0.05, 0) is 19.3 Å². The van der Waals surface area contributed by atoms with Crippen molar-refractivity contribution in [3.63, 3.8) is 0 Å². The van der Waals surface area contributed by atoms with Crippen molar-refractivity contribution in [2.24, 2.45) is 0 Å². The third-order valence-electron chi connectivity index (χ3n) is 3.53. The van der Waals surface area contributed by atoms with Crippen LogP contribution in [0.2, 0.25) is 0 Å². The fourth-order valence-corrected chi connectivity index (χ4v) is 2.46. The number of hydrogen-bond donors (Lipinski definition) is 1. The Morgan fingerprint density at radius 3 is 2.78 bits per heavy atom. The lowest BCUT2D eigenvalue weighted by Crippen LogP contribution is -2.37. The van der Waals surface area contributed by atoms with Crippen LogP contribution in [0.4, 0.5) is 11.6 Å². The number of nitrogen functional groups attached to an aromatic ring is 1. The number of hydrogen-bond acceptors (Lipinski definition) is 5. The second-order valence-corrected chi connectivity index (χ2v) is 4.77. The highest BCUT2D eigenvalue weighted by Crippen LogP contribution is 2.26. The molecule has 0 amide bonds. The van der Waals surface area contributed by atoms with E-state index in [0.29, 0.717) is 11.9 Å². The Morgan fingerprint density at radius 1 is 1.39 bits per heavy atom. The number of ether oxygens (including phenoxy) is 1. The molecule has 1 fully saturated rings. The lowest BCUT2D eigenvalue weighted by molar-refractivity contribution is 0.0853. The standard InChI is InChI=1S/C13H22N4O/c1-3-4-11-12(14)15-9-16-13(11)17(2)10-5-7-18-8-6-10/h9-10H,3-8H2,1-2H3,(H2,14,15,16). The highest BCUT2D eigenvalue weighted by atomic mass is 16.5. The second-order valence-electron chi connectivity index (χ2n) is 4.77. The van der Waals surface area contributed by atoms with Gasteiger partial charge in [-0.25, -0.2) is 9.97 Å². The fourth-order valence-electron chi connectivity index (χ4n) is 2.46. The molecule has 5 heteroatoms. The Kier molecular flexibility index (Phi) is 4.36. The molecule has 2 heterocycles. The average Bonchev–Trinajstić information content (AvgIpc) is 2.41. The Hall–Kier alpha value is -1.36. The molecule has 0 unspecified atom stereocenters. The van der Waals surface area contributed by atoms with Crippen LogP contribution in [0.1, 0.15) is 31.7 Å². The second kappa shape index (κ2) is 6.00. The lowest BCUT2D eigenvalue weighted by atomic mass is 10.1. The number of nitrogens with two attached hydrogens (primary N) is 1. The minimum absolute atomic E-state index is 0.489. The average molecular weight is 250 g/mol. The Balaban J connectivity index is 2.22. The van der Waals surface area contributed by atoms with Crippen molar-refractivity contribution in [3.05, 3.63) is 11.9 Å². The first-order chi connectivity index (χ1) is 8.74. The van der Waals surface area contributed by atoms with Crippen LogP contribution >= 0.6 is 0 Å². The van der Waals surface area contributed by atoms with Gasteiger partial charge in [-0.3, -0.25) is 0 Å². The molecule has 0 radical (unpaired) electrons. The summed E-state index contributed by atoms with van der Waals surface area (Å²) in [6, 6.07) is 0.489. The van der Waals surface area contributed by atoms with E-state index >= 15 is 0 Å². The molecule has 0 atom stereocenters. The molecule has 2 N–H and O–H groups in total. The quantitative estimate of drug-likeness (QED) is 0.879. The van der Waals surface area contributed by atoms with Crippen molar-refractivity contribution in [3.8, 4) is 0 Å².